The van der Waals surface area contributed by atoms with Crippen LogP contribution in [0.4, 0.5) is 0 Å². The zero-order valence-corrected chi connectivity index (χ0v) is 4.58. The molecule has 0 radical (unpaired) electrons. The summed E-state index contributed by atoms with van der Waals surface area (Å²) < 4.78 is 11.5. The van der Waals surface area contributed by atoms with Gasteiger partial charge < -0.3 is 4.74 Å². The minimum absolute atomic E-state index is 0.355. The quantitative estimate of drug-likeness (QED) is 0.418. The fourth-order valence-corrected chi connectivity index (χ4v) is 0.296. The highest BCUT2D eigenvalue weighted by molar-refractivity contribution is 7.80. The lowest BCUT2D eigenvalue weighted by Crippen LogP contribution is -1.92. The Morgan fingerprint density at radius 1 is 2.00 bits per heavy atom. The summed E-state index contributed by atoms with van der Waals surface area (Å²) in [6.45, 7) is 1.57. The third-order valence-electron chi connectivity index (χ3n) is 0.380. The molecule has 0 aliphatic rings. The summed E-state index contributed by atoms with van der Waals surface area (Å²) in [5, 5.41) is 0. The van der Waals surface area contributed by atoms with Crippen molar-refractivity contribution in [2.45, 2.75) is 6.90 Å². The molecule has 38 valence electrons. The Morgan fingerprint density at radius 3 is 3.33 bits per heavy atom. The van der Waals surface area contributed by atoms with Crippen LogP contribution in [-0.4, -0.2) is 19.0 Å². The maximum absolute atomic E-state index is 6.63. The van der Waals surface area contributed by atoms with E-state index in [1.54, 1.807) is 0 Å². The molecule has 0 unspecified atom stereocenters. The molecule has 0 heterocycles. The Bertz CT molecular complexity index is 30.9. The maximum atomic E-state index is 6.63. The summed E-state index contributed by atoms with van der Waals surface area (Å²) in [5.74, 6) is 0.750. The Labute approximate surface area is 45.5 Å². The van der Waals surface area contributed by atoms with Gasteiger partial charge in [-0.3, -0.25) is 0 Å². The van der Waals surface area contributed by atoms with E-state index in [1.165, 1.54) is 0 Å². The molecule has 0 fully saturated rings. The van der Waals surface area contributed by atoms with Crippen molar-refractivity contribution in [1.29, 1.82) is 0 Å². The highest BCUT2D eigenvalue weighted by Crippen LogP contribution is 1.74. The van der Waals surface area contributed by atoms with E-state index >= 15 is 0 Å². The molecular weight excluding hydrogens is 96.1 g/mol. The summed E-state index contributed by atoms with van der Waals surface area (Å²) in [6, 6.07) is 0. The van der Waals surface area contributed by atoms with E-state index in [1.807, 2.05) is 0 Å². The number of hydrogen-bond acceptors (Lipinski definition) is 2. The molecule has 0 aromatic carbocycles. The van der Waals surface area contributed by atoms with Crippen LogP contribution in [0.3, 0.4) is 0 Å². The minimum Gasteiger partial charge on any atom is -0.381 e. The van der Waals surface area contributed by atoms with Crippen molar-refractivity contribution in [1.82, 2.24) is 0 Å². The van der Waals surface area contributed by atoms with Gasteiger partial charge in [-0.2, -0.15) is 12.6 Å². The summed E-state index contributed by atoms with van der Waals surface area (Å²) >= 11 is 3.91. The normalized spacial score (nSPS) is 11.2. The minimum atomic E-state index is 0.355. The van der Waals surface area contributed by atoms with Gasteiger partial charge in [-0.25, -0.2) is 0 Å². The van der Waals surface area contributed by atoms with E-state index in [4.69, 9.17) is 6.11 Å². The lowest BCUT2D eigenvalue weighted by atomic mass is 10.8. The van der Waals surface area contributed by atoms with E-state index in [0.29, 0.717) is 20.1 Å². The van der Waals surface area contributed by atoms with Crippen LogP contribution in [0.5, 0.6) is 0 Å². The van der Waals surface area contributed by atoms with Gasteiger partial charge in [0.15, 0.2) is 0 Å². The fourth-order valence-electron chi connectivity index (χ4n) is 0.167. The first-order valence-electron chi connectivity index (χ1n) is 2.60. The molecule has 0 aromatic heterocycles. The van der Waals surface area contributed by atoms with Gasteiger partial charge in [0.2, 0.25) is 0 Å². The summed E-state index contributed by atoms with van der Waals surface area (Å²) in [5.41, 5.74) is 0. The second kappa shape index (κ2) is 5.31. The Morgan fingerprint density at radius 2 is 2.83 bits per heavy atom. The van der Waals surface area contributed by atoms with Crippen molar-refractivity contribution < 1.29 is 6.11 Å². The van der Waals surface area contributed by atoms with Crippen LogP contribution in [-0.2, 0) is 4.74 Å². The van der Waals surface area contributed by atoms with Crippen molar-refractivity contribution in [3.8, 4) is 0 Å². The monoisotopic (exact) mass is 108 g/mol. The fraction of sp³-hybridized carbons (Fsp3) is 1.00. The van der Waals surface area contributed by atoms with Gasteiger partial charge in [-0.15, -0.1) is 0 Å². The average molecular weight is 108 g/mol. The van der Waals surface area contributed by atoms with Crippen molar-refractivity contribution in [3.05, 3.63) is 0 Å². The molecule has 0 aliphatic heterocycles. The molecule has 0 aliphatic carbocycles. The molecule has 6 heavy (non-hydrogen) atoms. The lowest BCUT2D eigenvalue weighted by Gasteiger charge is -1.91. The molecule has 2 heteroatoms. The first-order valence-corrected chi connectivity index (χ1v) is 2.53. The maximum Gasteiger partial charge on any atom is 0.0554 e. The standard InChI is InChI=1S/C4H10OS/c1-2-5-3-4-6/h6H,2-4H2,1H3/i1T. The number of rotatable bonds is 3. The van der Waals surface area contributed by atoms with Crippen molar-refractivity contribution in [2.24, 2.45) is 0 Å². The lowest BCUT2D eigenvalue weighted by molar-refractivity contribution is 0.165. The van der Waals surface area contributed by atoms with E-state index in [-0.39, 0.29) is 0 Å². The predicted octanol–water partition coefficient (Wildman–Crippen LogP) is 0.953. The molecule has 0 aromatic rings. The second-order valence-corrected chi connectivity index (χ2v) is 1.28. The van der Waals surface area contributed by atoms with Crippen molar-refractivity contribution in [3.63, 3.8) is 0 Å². The van der Waals surface area contributed by atoms with E-state index < -0.39 is 0 Å². The van der Waals surface area contributed by atoms with Crippen LogP contribution in [0, 0.1) is 0 Å². The third kappa shape index (κ3) is 4.31. The SMILES string of the molecule is [3H]CCOCCS. The average Bonchev–Trinajstić information content (AvgIpc) is 1.69. The highest BCUT2D eigenvalue weighted by atomic mass is 32.1. The highest BCUT2D eigenvalue weighted by Gasteiger charge is 1.73. The van der Waals surface area contributed by atoms with Crippen LogP contribution in [0.2, 0.25) is 0 Å². The molecule has 0 spiro atoms. The molecule has 0 bridgehead atoms. The van der Waals surface area contributed by atoms with Crippen molar-refractivity contribution in [2.75, 3.05) is 19.0 Å². The summed E-state index contributed by atoms with van der Waals surface area (Å²) in [7, 11) is 0. The number of thiol groups is 1. The first-order chi connectivity index (χ1) is 3.41. The van der Waals surface area contributed by atoms with Gasteiger partial charge in [0.05, 0.1) is 6.61 Å². The van der Waals surface area contributed by atoms with Gasteiger partial charge in [0.25, 0.3) is 0 Å². The van der Waals surface area contributed by atoms with Crippen LogP contribution < -0.4 is 0 Å². The molecule has 1 nitrogen and oxygen atoms in total. The van der Waals surface area contributed by atoms with Gasteiger partial charge in [-0.1, -0.05) is 0 Å². The molecule has 0 N–H and O–H groups in total. The van der Waals surface area contributed by atoms with Gasteiger partial charge >= 0.3 is 0 Å². The molecule has 0 atom stereocenters. The largest absolute Gasteiger partial charge is 0.381 e. The molecule has 0 saturated carbocycles. The predicted molar refractivity (Wildman–Crippen MR) is 30.3 cm³/mol. The first kappa shape index (κ1) is 4.47. The van der Waals surface area contributed by atoms with Crippen LogP contribution in [0.1, 0.15) is 8.27 Å². The van der Waals surface area contributed by atoms with Crippen LogP contribution in [0.15, 0.2) is 0 Å². The second-order valence-electron chi connectivity index (χ2n) is 0.836. The summed E-state index contributed by atoms with van der Waals surface area (Å²) in [4.78, 5) is 0. The smallest absolute Gasteiger partial charge is 0.0554 e. The third-order valence-corrected chi connectivity index (χ3v) is 0.563. The number of ether oxygens (including phenoxy) is 1. The molecule has 0 rings (SSSR count). The van der Waals surface area contributed by atoms with Crippen molar-refractivity contribution >= 4 is 12.6 Å². The Kier molecular flexibility index (Phi) is 3.95. The van der Waals surface area contributed by atoms with E-state index in [2.05, 4.69) is 12.6 Å². The van der Waals surface area contributed by atoms with Crippen LogP contribution in [0.25, 0.3) is 0 Å². The summed E-state index contributed by atoms with van der Waals surface area (Å²) in [6.07, 6.45) is 0. The topological polar surface area (TPSA) is 9.23 Å². The van der Waals surface area contributed by atoms with E-state index in [9.17, 15) is 0 Å². The molecular formula is C4H10OS. The number of hydrogen-bond donors (Lipinski definition) is 1. The molecule has 0 saturated heterocycles. The zero-order valence-electron chi connectivity index (χ0n) is 4.68. The van der Waals surface area contributed by atoms with Gasteiger partial charge in [0.1, 0.15) is 0 Å². The zero-order chi connectivity index (χ0) is 5.54. The van der Waals surface area contributed by atoms with Gasteiger partial charge in [0, 0.05) is 13.7 Å². The van der Waals surface area contributed by atoms with Gasteiger partial charge in [-0.05, 0) is 6.90 Å². The van der Waals surface area contributed by atoms with Crippen LogP contribution >= 0.6 is 12.6 Å². The Balaban J connectivity index is 2.45. The van der Waals surface area contributed by atoms with E-state index in [0.717, 1.165) is 5.75 Å². The Hall–Kier alpha value is 0.310. The molecule has 0 amide bonds.